The Morgan fingerprint density at radius 1 is 1.36 bits per heavy atom. The van der Waals surface area contributed by atoms with Crippen molar-refractivity contribution in [1.82, 2.24) is 14.8 Å². The number of amides is 1. The van der Waals surface area contributed by atoms with Crippen LogP contribution in [0.2, 0.25) is 0 Å². The van der Waals surface area contributed by atoms with Crippen molar-refractivity contribution in [2.45, 2.75) is 18.9 Å². The monoisotopic (exact) mass is 343 g/mol. The minimum absolute atomic E-state index is 0.127. The summed E-state index contributed by atoms with van der Waals surface area (Å²) < 4.78 is 10.1. The number of hydrogen-bond acceptors (Lipinski definition) is 6. The number of likely N-dealkylation sites (N-methyl/N-ethyl adjacent to an activating group) is 1. The van der Waals surface area contributed by atoms with Gasteiger partial charge in [0.25, 0.3) is 5.91 Å². The molecule has 3 aliphatic heterocycles. The molecular formula is C18H21N3O4. The maximum absolute atomic E-state index is 12.9. The summed E-state index contributed by atoms with van der Waals surface area (Å²) in [4.78, 5) is 33.2. The second-order valence-electron chi connectivity index (χ2n) is 6.83. The van der Waals surface area contributed by atoms with Crippen LogP contribution in [0.25, 0.3) is 11.0 Å². The highest BCUT2D eigenvalue weighted by atomic mass is 16.5. The molecule has 0 saturated carbocycles. The van der Waals surface area contributed by atoms with Gasteiger partial charge in [-0.2, -0.15) is 0 Å². The second-order valence-corrected chi connectivity index (χ2v) is 6.83. The lowest BCUT2D eigenvalue weighted by atomic mass is 9.83. The summed E-state index contributed by atoms with van der Waals surface area (Å²) in [5.41, 5.74) is 1.08. The van der Waals surface area contributed by atoms with Crippen LogP contribution in [0.15, 0.2) is 22.9 Å². The number of piperidine rings is 3. The van der Waals surface area contributed by atoms with Gasteiger partial charge in [0.2, 0.25) is 0 Å². The molecular weight excluding hydrogens is 322 g/mol. The highest BCUT2D eigenvalue weighted by Gasteiger charge is 2.38. The van der Waals surface area contributed by atoms with Crippen molar-refractivity contribution in [3.63, 3.8) is 0 Å². The van der Waals surface area contributed by atoms with Crippen LogP contribution in [0.3, 0.4) is 0 Å². The highest BCUT2D eigenvalue weighted by Crippen LogP contribution is 2.31. The Morgan fingerprint density at radius 3 is 2.76 bits per heavy atom. The molecule has 1 unspecified atom stereocenters. The van der Waals surface area contributed by atoms with Gasteiger partial charge in [0.05, 0.1) is 13.3 Å². The molecule has 5 rings (SSSR count). The molecule has 1 amide bonds. The first kappa shape index (κ1) is 16.1. The molecule has 25 heavy (non-hydrogen) atoms. The van der Waals surface area contributed by atoms with Crippen LogP contribution in [0.1, 0.15) is 33.7 Å². The van der Waals surface area contributed by atoms with Gasteiger partial charge in [-0.15, -0.1) is 0 Å². The van der Waals surface area contributed by atoms with Crippen molar-refractivity contribution in [2.75, 3.05) is 33.8 Å². The third-order valence-electron chi connectivity index (χ3n) is 5.53. The van der Waals surface area contributed by atoms with Crippen LogP contribution >= 0.6 is 0 Å². The minimum Gasteiger partial charge on any atom is -0.465 e. The molecule has 2 aromatic heterocycles. The Balaban J connectivity index is 1.62. The molecule has 3 fully saturated rings. The van der Waals surface area contributed by atoms with Gasteiger partial charge >= 0.3 is 5.97 Å². The van der Waals surface area contributed by atoms with Gasteiger partial charge in [-0.3, -0.25) is 4.79 Å². The van der Waals surface area contributed by atoms with Gasteiger partial charge in [0, 0.05) is 25.0 Å². The zero-order valence-corrected chi connectivity index (χ0v) is 14.4. The lowest BCUT2D eigenvalue weighted by Crippen LogP contribution is -2.57. The van der Waals surface area contributed by atoms with Gasteiger partial charge in [-0.1, -0.05) is 0 Å². The molecule has 0 radical (unpaired) electrons. The van der Waals surface area contributed by atoms with Crippen molar-refractivity contribution in [2.24, 2.45) is 5.92 Å². The molecule has 0 spiro atoms. The maximum Gasteiger partial charge on any atom is 0.341 e. The van der Waals surface area contributed by atoms with E-state index in [9.17, 15) is 9.59 Å². The van der Waals surface area contributed by atoms with Crippen molar-refractivity contribution < 1.29 is 18.7 Å². The standard InChI is InChI=1S/C18H21N3O4/c1-20(15-9-21-5-3-11(15)4-6-21)17(22)14-7-12-13(18(23)24-2)10-25-16(12)8-19-14/h7-8,10-11,15H,3-6,9H2,1-2H3. The summed E-state index contributed by atoms with van der Waals surface area (Å²) in [5, 5.41) is 0.549. The van der Waals surface area contributed by atoms with Gasteiger partial charge in [0.15, 0.2) is 5.58 Å². The molecule has 0 N–H and O–H groups in total. The van der Waals surface area contributed by atoms with Crippen LogP contribution < -0.4 is 0 Å². The predicted molar refractivity (Wildman–Crippen MR) is 90.4 cm³/mol. The number of rotatable bonds is 3. The summed E-state index contributed by atoms with van der Waals surface area (Å²) >= 11 is 0. The van der Waals surface area contributed by atoms with E-state index in [0.29, 0.717) is 28.1 Å². The summed E-state index contributed by atoms with van der Waals surface area (Å²) in [7, 11) is 3.16. The third-order valence-corrected chi connectivity index (χ3v) is 5.53. The Hall–Kier alpha value is -2.41. The highest BCUT2D eigenvalue weighted by molar-refractivity contribution is 6.05. The maximum atomic E-state index is 12.9. The molecule has 5 heterocycles. The number of pyridine rings is 1. The van der Waals surface area contributed by atoms with Crippen LogP contribution in [-0.4, -0.2) is 66.5 Å². The number of esters is 1. The van der Waals surface area contributed by atoms with Gasteiger partial charge in [-0.25, -0.2) is 9.78 Å². The number of furan rings is 1. The quantitative estimate of drug-likeness (QED) is 0.791. The number of carbonyl (C=O) groups excluding carboxylic acids is 2. The van der Waals surface area contributed by atoms with E-state index in [2.05, 4.69) is 9.88 Å². The number of ether oxygens (including phenoxy) is 1. The molecule has 0 aliphatic carbocycles. The minimum atomic E-state index is -0.492. The predicted octanol–water partition coefficient (Wildman–Crippen LogP) is 1.78. The topological polar surface area (TPSA) is 75.9 Å². The first-order chi connectivity index (χ1) is 12.1. The van der Waals surface area contributed by atoms with Crippen molar-refractivity contribution in [1.29, 1.82) is 0 Å². The molecule has 7 nitrogen and oxygen atoms in total. The van der Waals surface area contributed by atoms with Crippen molar-refractivity contribution >= 4 is 22.8 Å². The van der Waals surface area contributed by atoms with Crippen LogP contribution in [-0.2, 0) is 4.74 Å². The average Bonchev–Trinajstić information content (AvgIpc) is 3.10. The van der Waals surface area contributed by atoms with Crippen LogP contribution in [0.4, 0.5) is 0 Å². The van der Waals surface area contributed by atoms with E-state index >= 15 is 0 Å². The first-order valence-corrected chi connectivity index (χ1v) is 8.53. The number of carbonyl (C=O) groups is 2. The number of fused-ring (bicyclic) bond motifs is 4. The van der Waals surface area contributed by atoms with Crippen LogP contribution in [0.5, 0.6) is 0 Å². The third kappa shape index (κ3) is 2.68. The molecule has 7 heteroatoms. The SMILES string of the molecule is COC(=O)c1coc2cnc(C(=O)N(C)C3CN4CCC3CC4)cc12. The zero-order chi connectivity index (χ0) is 17.6. The lowest BCUT2D eigenvalue weighted by molar-refractivity contribution is 0.0159. The number of hydrogen-bond donors (Lipinski definition) is 0. The average molecular weight is 343 g/mol. The summed E-state index contributed by atoms with van der Waals surface area (Å²) in [6, 6.07) is 1.84. The van der Waals surface area contributed by atoms with E-state index < -0.39 is 5.97 Å². The molecule has 3 aliphatic rings. The molecule has 1 atom stereocenters. The number of nitrogens with zero attached hydrogens (tertiary/aromatic N) is 3. The smallest absolute Gasteiger partial charge is 0.341 e. The molecule has 2 bridgehead atoms. The van der Waals surface area contributed by atoms with Crippen molar-refractivity contribution in [3.05, 3.63) is 29.8 Å². The number of methoxy groups -OCH3 is 1. The van der Waals surface area contributed by atoms with E-state index in [4.69, 9.17) is 9.15 Å². The molecule has 132 valence electrons. The van der Waals surface area contributed by atoms with E-state index in [1.54, 1.807) is 6.07 Å². The number of aromatic nitrogens is 1. The summed E-state index contributed by atoms with van der Waals surface area (Å²) in [6.07, 6.45) is 5.11. The van der Waals surface area contributed by atoms with E-state index in [-0.39, 0.29) is 11.9 Å². The van der Waals surface area contributed by atoms with E-state index in [0.717, 1.165) is 32.5 Å². The molecule has 0 aromatic carbocycles. The fourth-order valence-electron chi connectivity index (χ4n) is 4.02. The Kier molecular flexibility index (Phi) is 3.95. The second kappa shape index (κ2) is 6.15. The van der Waals surface area contributed by atoms with Crippen LogP contribution in [0, 0.1) is 5.92 Å². The Labute approximate surface area is 145 Å². The molecule has 3 saturated heterocycles. The fraction of sp³-hybridized carbons (Fsp3) is 0.500. The largest absolute Gasteiger partial charge is 0.465 e. The van der Waals surface area contributed by atoms with E-state index in [1.165, 1.54) is 19.6 Å². The van der Waals surface area contributed by atoms with Gasteiger partial charge < -0.3 is 19.0 Å². The van der Waals surface area contributed by atoms with Gasteiger partial charge in [-0.05, 0) is 37.9 Å². The molecule has 2 aromatic rings. The Bertz CT molecular complexity index is 823. The summed E-state index contributed by atoms with van der Waals surface area (Å²) in [6.45, 7) is 3.18. The normalized spacial score (nSPS) is 25.1. The van der Waals surface area contributed by atoms with Gasteiger partial charge in [0.1, 0.15) is 17.5 Å². The zero-order valence-electron chi connectivity index (χ0n) is 14.4. The first-order valence-electron chi connectivity index (χ1n) is 8.53. The lowest BCUT2D eigenvalue weighted by Gasteiger charge is -2.48. The Morgan fingerprint density at radius 2 is 2.12 bits per heavy atom. The summed E-state index contributed by atoms with van der Waals surface area (Å²) in [5.74, 6) is -0.0611. The fourth-order valence-corrected chi connectivity index (χ4v) is 4.02. The van der Waals surface area contributed by atoms with E-state index in [1.807, 2.05) is 11.9 Å². The van der Waals surface area contributed by atoms with Crippen molar-refractivity contribution in [3.8, 4) is 0 Å².